The third-order valence-corrected chi connectivity index (χ3v) is 5.77. The molecule has 1 fully saturated rings. The highest BCUT2D eigenvalue weighted by Crippen LogP contribution is 2.35. The van der Waals surface area contributed by atoms with Gasteiger partial charge in [-0.1, -0.05) is 53.7 Å². The molecule has 0 radical (unpaired) electrons. The number of pyridine rings is 1. The largest absolute Gasteiger partial charge is 0.375 e. The molecule has 1 N–H and O–H groups in total. The molecule has 1 aliphatic heterocycles. The average Bonchev–Trinajstić information content (AvgIpc) is 2.70. The second-order valence-corrected chi connectivity index (χ2v) is 8.01. The number of hydrogen-bond acceptors (Lipinski definition) is 4. The molecule has 1 unspecified atom stereocenters. The van der Waals surface area contributed by atoms with Gasteiger partial charge in [0, 0.05) is 34.8 Å². The zero-order chi connectivity index (χ0) is 18.5. The van der Waals surface area contributed by atoms with Crippen molar-refractivity contribution in [1.82, 2.24) is 10.3 Å². The van der Waals surface area contributed by atoms with E-state index in [9.17, 15) is 0 Å². The molecule has 0 aliphatic carbocycles. The van der Waals surface area contributed by atoms with Crippen molar-refractivity contribution in [2.45, 2.75) is 22.4 Å². The van der Waals surface area contributed by atoms with Crippen LogP contribution in [0.3, 0.4) is 0 Å². The number of rotatable bonds is 5. The lowest BCUT2D eigenvalue weighted by Gasteiger charge is -2.23. The summed E-state index contributed by atoms with van der Waals surface area (Å²) in [5.74, 6) is 0. The SMILES string of the molecule is Clc1ccc(-c2cccnc2Sc2cccc(CC3CNCCO3)c2)cc1. The molecule has 1 atom stereocenters. The van der Waals surface area contributed by atoms with Gasteiger partial charge >= 0.3 is 0 Å². The van der Waals surface area contributed by atoms with Crippen LogP contribution < -0.4 is 5.32 Å². The first kappa shape index (κ1) is 18.5. The standard InChI is InChI=1S/C22H21ClN2OS/c23-18-8-6-17(7-9-18)21-5-2-10-25-22(21)27-20-4-1-3-16(14-20)13-19-15-24-11-12-26-19/h1-10,14,19,24H,11-13,15H2. The normalized spacial score (nSPS) is 17.0. The molecule has 3 aromatic rings. The van der Waals surface area contributed by atoms with Crippen LogP contribution in [-0.2, 0) is 11.2 Å². The third-order valence-electron chi connectivity index (χ3n) is 4.51. The van der Waals surface area contributed by atoms with E-state index >= 15 is 0 Å². The summed E-state index contributed by atoms with van der Waals surface area (Å²) in [5.41, 5.74) is 3.52. The van der Waals surface area contributed by atoms with Crippen LogP contribution in [0.1, 0.15) is 5.56 Å². The van der Waals surface area contributed by atoms with Crippen LogP contribution in [0.25, 0.3) is 11.1 Å². The number of halogens is 1. The summed E-state index contributed by atoms with van der Waals surface area (Å²) in [6, 6.07) is 20.6. The van der Waals surface area contributed by atoms with Gasteiger partial charge in [0.05, 0.1) is 12.7 Å². The smallest absolute Gasteiger partial charge is 0.109 e. The Balaban J connectivity index is 1.54. The van der Waals surface area contributed by atoms with Crippen LogP contribution >= 0.6 is 23.4 Å². The molecular formula is C22H21ClN2OS. The maximum atomic E-state index is 6.03. The maximum absolute atomic E-state index is 6.03. The number of aromatic nitrogens is 1. The zero-order valence-corrected chi connectivity index (χ0v) is 16.5. The summed E-state index contributed by atoms with van der Waals surface area (Å²) >= 11 is 7.72. The molecule has 1 aromatic heterocycles. The Bertz CT molecular complexity index is 895. The fourth-order valence-electron chi connectivity index (χ4n) is 3.18. The van der Waals surface area contributed by atoms with E-state index in [1.807, 2.05) is 36.5 Å². The Morgan fingerprint density at radius 3 is 2.81 bits per heavy atom. The highest BCUT2D eigenvalue weighted by Gasteiger charge is 2.14. The molecule has 1 aliphatic rings. The minimum absolute atomic E-state index is 0.249. The molecule has 4 rings (SSSR count). The fraction of sp³-hybridized carbons (Fsp3) is 0.227. The number of morpholine rings is 1. The summed E-state index contributed by atoms with van der Waals surface area (Å²) in [7, 11) is 0. The second-order valence-electron chi connectivity index (χ2n) is 6.51. The van der Waals surface area contributed by atoms with Crippen molar-refractivity contribution in [3.8, 4) is 11.1 Å². The van der Waals surface area contributed by atoms with Crippen molar-refractivity contribution in [2.24, 2.45) is 0 Å². The second kappa shape index (κ2) is 8.89. The van der Waals surface area contributed by atoms with Gasteiger partial charge in [-0.2, -0.15) is 0 Å². The molecule has 0 amide bonds. The predicted octanol–water partition coefficient (Wildman–Crippen LogP) is 5.08. The first-order valence-corrected chi connectivity index (χ1v) is 10.3. The van der Waals surface area contributed by atoms with E-state index in [-0.39, 0.29) is 6.10 Å². The molecule has 3 nitrogen and oxygen atoms in total. The van der Waals surface area contributed by atoms with Crippen LogP contribution in [0.5, 0.6) is 0 Å². The van der Waals surface area contributed by atoms with Gasteiger partial charge < -0.3 is 10.1 Å². The number of ether oxygens (including phenoxy) is 1. The summed E-state index contributed by atoms with van der Waals surface area (Å²) in [6.45, 7) is 2.65. The minimum atomic E-state index is 0.249. The quantitative estimate of drug-likeness (QED) is 0.651. The Labute approximate surface area is 169 Å². The molecule has 1 saturated heterocycles. The van der Waals surface area contributed by atoms with Crippen molar-refractivity contribution in [1.29, 1.82) is 0 Å². The van der Waals surface area contributed by atoms with Gasteiger partial charge in [-0.05, 0) is 47.9 Å². The van der Waals surface area contributed by atoms with Gasteiger partial charge in [-0.25, -0.2) is 4.98 Å². The summed E-state index contributed by atoms with van der Waals surface area (Å²) in [4.78, 5) is 5.80. The topological polar surface area (TPSA) is 34.2 Å². The highest BCUT2D eigenvalue weighted by atomic mass is 35.5. The van der Waals surface area contributed by atoms with Crippen molar-refractivity contribution in [3.63, 3.8) is 0 Å². The number of nitrogens with one attached hydrogen (secondary N) is 1. The lowest BCUT2D eigenvalue weighted by Crippen LogP contribution is -2.39. The lowest BCUT2D eigenvalue weighted by molar-refractivity contribution is 0.0292. The summed E-state index contributed by atoms with van der Waals surface area (Å²) < 4.78 is 5.83. The maximum Gasteiger partial charge on any atom is 0.109 e. The zero-order valence-electron chi connectivity index (χ0n) is 14.9. The molecule has 27 heavy (non-hydrogen) atoms. The van der Waals surface area contributed by atoms with Crippen LogP contribution in [0, 0.1) is 0 Å². The van der Waals surface area contributed by atoms with E-state index in [0.29, 0.717) is 0 Å². The van der Waals surface area contributed by atoms with Gasteiger partial charge in [0.1, 0.15) is 5.03 Å². The molecular weight excluding hydrogens is 376 g/mol. The molecule has 2 heterocycles. The minimum Gasteiger partial charge on any atom is -0.375 e. The number of hydrogen-bond donors (Lipinski definition) is 1. The molecule has 0 spiro atoms. The Morgan fingerprint density at radius 2 is 2.00 bits per heavy atom. The molecule has 0 bridgehead atoms. The van der Waals surface area contributed by atoms with Gasteiger partial charge in [0.25, 0.3) is 0 Å². The third kappa shape index (κ3) is 4.90. The van der Waals surface area contributed by atoms with Crippen LogP contribution in [0.15, 0.2) is 76.8 Å². The van der Waals surface area contributed by atoms with Crippen molar-refractivity contribution >= 4 is 23.4 Å². The van der Waals surface area contributed by atoms with Gasteiger partial charge in [0.15, 0.2) is 0 Å². The van der Waals surface area contributed by atoms with Crippen LogP contribution in [0.4, 0.5) is 0 Å². The summed E-state index contributed by atoms with van der Waals surface area (Å²) in [5, 5.41) is 5.12. The molecule has 2 aromatic carbocycles. The lowest BCUT2D eigenvalue weighted by atomic mass is 10.1. The highest BCUT2D eigenvalue weighted by molar-refractivity contribution is 7.99. The first-order valence-electron chi connectivity index (χ1n) is 9.08. The van der Waals surface area contributed by atoms with Gasteiger partial charge in [-0.3, -0.25) is 0 Å². The van der Waals surface area contributed by atoms with E-state index in [4.69, 9.17) is 16.3 Å². The first-order chi connectivity index (χ1) is 13.3. The Kier molecular flexibility index (Phi) is 6.10. The number of benzene rings is 2. The Hall–Kier alpha value is -1.85. The Morgan fingerprint density at radius 1 is 1.11 bits per heavy atom. The number of nitrogens with zero attached hydrogens (tertiary/aromatic N) is 1. The van der Waals surface area contributed by atoms with Crippen molar-refractivity contribution in [3.05, 3.63) is 77.4 Å². The van der Waals surface area contributed by atoms with E-state index < -0.39 is 0 Å². The van der Waals surface area contributed by atoms with Gasteiger partial charge in [-0.15, -0.1) is 0 Å². The molecule has 0 saturated carbocycles. The molecule has 5 heteroatoms. The predicted molar refractivity (Wildman–Crippen MR) is 112 cm³/mol. The average molecular weight is 397 g/mol. The molecule has 138 valence electrons. The van der Waals surface area contributed by atoms with E-state index in [1.165, 1.54) is 10.5 Å². The van der Waals surface area contributed by atoms with E-state index in [2.05, 4.69) is 40.6 Å². The summed E-state index contributed by atoms with van der Waals surface area (Å²) in [6.07, 6.45) is 3.01. The van der Waals surface area contributed by atoms with Crippen molar-refractivity contribution < 1.29 is 4.74 Å². The van der Waals surface area contributed by atoms with E-state index in [0.717, 1.165) is 47.3 Å². The van der Waals surface area contributed by atoms with Crippen LogP contribution in [-0.4, -0.2) is 30.8 Å². The fourth-order valence-corrected chi connectivity index (χ4v) is 4.30. The van der Waals surface area contributed by atoms with E-state index in [1.54, 1.807) is 11.8 Å². The van der Waals surface area contributed by atoms with Gasteiger partial charge in [0.2, 0.25) is 0 Å². The monoisotopic (exact) mass is 396 g/mol. The van der Waals surface area contributed by atoms with Crippen molar-refractivity contribution in [2.75, 3.05) is 19.7 Å². The van der Waals surface area contributed by atoms with Crippen LogP contribution in [0.2, 0.25) is 5.02 Å².